The van der Waals surface area contributed by atoms with Crippen LogP contribution in [0, 0.1) is 6.92 Å². The van der Waals surface area contributed by atoms with Crippen LogP contribution in [0.4, 0.5) is 0 Å². The zero-order chi connectivity index (χ0) is 16.2. The summed E-state index contributed by atoms with van der Waals surface area (Å²) in [6, 6.07) is 2.82. The number of carboxylic acid groups (broad SMARTS) is 1. The van der Waals surface area contributed by atoms with E-state index in [1.165, 1.54) is 12.1 Å². The summed E-state index contributed by atoms with van der Waals surface area (Å²) in [7, 11) is -4.11. The van der Waals surface area contributed by atoms with Crippen LogP contribution in [0.5, 0.6) is 0 Å². The second-order valence-electron chi connectivity index (χ2n) is 4.45. The smallest absolute Gasteiger partial charge is 0.321 e. The summed E-state index contributed by atoms with van der Waals surface area (Å²) >= 11 is 5.86. The molecular weight excluding hydrogens is 320 g/mol. The Labute approximate surface area is 127 Å². The molecule has 4 N–H and O–H groups in total. The Hall–Kier alpha value is -1.64. The number of primary amides is 1. The molecule has 0 saturated heterocycles. The van der Waals surface area contributed by atoms with Crippen LogP contribution in [0.15, 0.2) is 23.1 Å². The SMILES string of the molecule is Cc1ccc(S(=O)(=O)NC(CCC(N)=O)C(=O)O)c(Cl)c1. The second-order valence-corrected chi connectivity index (χ2v) is 6.54. The van der Waals surface area contributed by atoms with Crippen LogP contribution in [-0.4, -0.2) is 31.4 Å². The summed E-state index contributed by atoms with van der Waals surface area (Å²) in [5.74, 6) is -2.11. The topological polar surface area (TPSA) is 127 Å². The van der Waals surface area contributed by atoms with Crippen molar-refractivity contribution in [2.45, 2.75) is 30.7 Å². The lowest BCUT2D eigenvalue weighted by Crippen LogP contribution is -2.41. The molecule has 1 aromatic rings. The first-order valence-electron chi connectivity index (χ1n) is 5.93. The summed E-state index contributed by atoms with van der Waals surface area (Å²) in [4.78, 5) is 21.5. The molecule has 0 spiro atoms. The number of amides is 1. The Morgan fingerprint density at radius 3 is 2.52 bits per heavy atom. The van der Waals surface area contributed by atoms with Crippen molar-refractivity contribution in [1.29, 1.82) is 0 Å². The zero-order valence-corrected chi connectivity index (χ0v) is 12.7. The fourth-order valence-electron chi connectivity index (χ4n) is 1.59. The molecule has 0 heterocycles. The molecule has 0 aliphatic rings. The average Bonchev–Trinajstić information content (AvgIpc) is 2.33. The summed E-state index contributed by atoms with van der Waals surface area (Å²) in [6.45, 7) is 1.74. The lowest BCUT2D eigenvalue weighted by Gasteiger charge is -2.15. The van der Waals surface area contributed by atoms with Crippen molar-refractivity contribution in [2.24, 2.45) is 5.73 Å². The van der Waals surface area contributed by atoms with Gasteiger partial charge in [-0.25, -0.2) is 8.42 Å². The lowest BCUT2D eigenvalue weighted by atomic mass is 10.2. The lowest BCUT2D eigenvalue weighted by molar-refractivity contribution is -0.139. The minimum atomic E-state index is -4.11. The van der Waals surface area contributed by atoms with Crippen molar-refractivity contribution in [3.8, 4) is 0 Å². The molecule has 1 amide bonds. The normalized spacial score (nSPS) is 12.9. The first-order chi connectivity index (χ1) is 9.63. The largest absolute Gasteiger partial charge is 0.480 e. The van der Waals surface area contributed by atoms with E-state index in [1.807, 2.05) is 4.72 Å². The molecule has 1 rings (SSSR count). The molecule has 9 heteroatoms. The van der Waals surface area contributed by atoms with Gasteiger partial charge in [0.2, 0.25) is 15.9 Å². The van der Waals surface area contributed by atoms with Gasteiger partial charge in [-0.3, -0.25) is 9.59 Å². The predicted molar refractivity (Wildman–Crippen MR) is 76.4 cm³/mol. The summed E-state index contributed by atoms with van der Waals surface area (Å²) < 4.78 is 26.3. The van der Waals surface area contributed by atoms with Gasteiger partial charge in [-0.15, -0.1) is 0 Å². The number of carboxylic acids is 1. The van der Waals surface area contributed by atoms with Gasteiger partial charge in [0.1, 0.15) is 10.9 Å². The minimum Gasteiger partial charge on any atom is -0.480 e. The molecule has 116 valence electrons. The molecule has 0 saturated carbocycles. The van der Waals surface area contributed by atoms with E-state index in [4.69, 9.17) is 22.4 Å². The van der Waals surface area contributed by atoms with Crippen LogP contribution in [0.1, 0.15) is 18.4 Å². The number of benzene rings is 1. The van der Waals surface area contributed by atoms with Gasteiger partial charge in [0.05, 0.1) is 5.02 Å². The number of nitrogens with one attached hydrogen (secondary N) is 1. The van der Waals surface area contributed by atoms with Gasteiger partial charge in [0, 0.05) is 6.42 Å². The third-order valence-electron chi connectivity index (χ3n) is 2.65. The number of sulfonamides is 1. The predicted octanol–water partition coefficient (Wildman–Crippen LogP) is 0.645. The van der Waals surface area contributed by atoms with Crippen LogP contribution < -0.4 is 10.5 Å². The molecule has 0 radical (unpaired) electrons. The van der Waals surface area contributed by atoms with E-state index < -0.39 is 27.9 Å². The Morgan fingerprint density at radius 2 is 2.05 bits per heavy atom. The third-order valence-corrected chi connectivity index (χ3v) is 4.61. The highest BCUT2D eigenvalue weighted by molar-refractivity contribution is 7.89. The maximum Gasteiger partial charge on any atom is 0.321 e. The Bertz CT molecular complexity index is 660. The van der Waals surface area contributed by atoms with E-state index in [1.54, 1.807) is 13.0 Å². The van der Waals surface area contributed by atoms with Gasteiger partial charge >= 0.3 is 5.97 Å². The number of carbonyl (C=O) groups excluding carboxylic acids is 1. The summed E-state index contributed by atoms with van der Waals surface area (Å²) in [5, 5.41) is 8.99. The standard InChI is InChI=1S/C12H15ClN2O5S/c1-7-2-4-10(8(13)6-7)21(19,20)15-9(12(17)18)3-5-11(14)16/h2,4,6,9,15H,3,5H2,1H3,(H2,14,16)(H,17,18). The van der Waals surface area contributed by atoms with Crippen molar-refractivity contribution in [2.75, 3.05) is 0 Å². The molecule has 21 heavy (non-hydrogen) atoms. The fourth-order valence-corrected chi connectivity index (χ4v) is 3.42. The van der Waals surface area contributed by atoms with Gasteiger partial charge in [0.15, 0.2) is 0 Å². The molecule has 7 nitrogen and oxygen atoms in total. The Kier molecular flexibility index (Phi) is 5.70. The van der Waals surface area contributed by atoms with E-state index in [2.05, 4.69) is 0 Å². The highest BCUT2D eigenvalue weighted by Crippen LogP contribution is 2.22. The molecule has 0 aliphatic carbocycles. The van der Waals surface area contributed by atoms with E-state index in [0.29, 0.717) is 0 Å². The number of rotatable bonds is 7. The third kappa shape index (κ3) is 5.00. The monoisotopic (exact) mass is 334 g/mol. The summed E-state index contributed by atoms with van der Waals surface area (Å²) in [6.07, 6.45) is -0.492. The van der Waals surface area contributed by atoms with Crippen molar-refractivity contribution >= 4 is 33.5 Å². The van der Waals surface area contributed by atoms with Crippen molar-refractivity contribution < 1.29 is 23.1 Å². The molecule has 1 unspecified atom stereocenters. The number of aryl methyl sites for hydroxylation is 1. The first-order valence-corrected chi connectivity index (χ1v) is 7.79. The van der Waals surface area contributed by atoms with Gasteiger partial charge in [-0.1, -0.05) is 17.7 Å². The molecule has 1 atom stereocenters. The van der Waals surface area contributed by atoms with Crippen LogP contribution in [0.2, 0.25) is 5.02 Å². The molecule has 0 aromatic heterocycles. The van der Waals surface area contributed by atoms with Crippen molar-refractivity contribution in [1.82, 2.24) is 4.72 Å². The fraction of sp³-hybridized carbons (Fsp3) is 0.333. The molecular formula is C12H15ClN2O5S. The number of carbonyl (C=O) groups is 2. The van der Waals surface area contributed by atoms with Crippen LogP contribution in [0.3, 0.4) is 0 Å². The number of hydrogen-bond donors (Lipinski definition) is 3. The number of halogens is 1. The van der Waals surface area contributed by atoms with Crippen molar-refractivity contribution in [3.63, 3.8) is 0 Å². The molecule has 0 bridgehead atoms. The van der Waals surface area contributed by atoms with E-state index in [9.17, 15) is 18.0 Å². The minimum absolute atomic E-state index is 0.0125. The maximum atomic E-state index is 12.1. The van der Waals surface area contributed by atoms with E-state index in [0.717, 1.165) is 5.56 Å². The molecule has 0 fully saturated rings. The molecule has 1 aromatic carbocycles. The highest BCUT2D eigenvalue weighted by atomic mass is 35.5. The molecule has 0 aliphatic heterocycles. The average molecular weight is 335 g/mol. The zero-order valence-electron chi connectivity index (χ0n) is 11.2. The Morgan fingerprint density at radius 1 is 1.43 bits per heavy atom. The second kappa shape index (κ2) is 6.88. The first kappa shape index (κ1) is 17.4. The van der Waals surface area contributed by atoms with Gasteiger partial charge in [-0.05, 0) is 31.0 Å². The maximum absolute atomic E-state index is 12.1. The van der Waals surface area contributed by atoms with Crippen molar-refractivity contribution in [3.05, 3.63) is 28.8 Å². The number of nitrogens with two attached hydrogens (primary N) is 1. The quantitative estimate of drug-likeness (QED) is 0.674. The number of aliphatic carboxylic acids is 1. The van der Waals surface area contributed by atoms with Gasteiger partial charge in [-0.2, -0.15) is 4.72 Å². The van der Waals surface area contributed by atoms with E-state index in [-0.39, 0.29) is 22.8 Å². The summed E-state index contributed by atoms with van der Waals surface area (Å²) in [5.41, 5.74) is 5.69. The van der Waals surface area contributed by atoms with Gasteiger partial charge < -0.3 is 10.8 Å². The van der Waals surface area contributed by atoms with E-state index >= 15 is 0 Å². The highest BCUT2D eigenvalue weighted by Gasteiger charge is 2.27. The Balaban J connectivity index is 3.00. The van der Waals surface area contributed by atoms with Gasteiger partial charge in [0.25, 0.3) is 0 Å². The van der Waals surface area contributed by atoms with Crippen LogP contribution in [0.25, 0.3) is 0 Å². The number of hydrogen-bond acceptors (Lipinski definition) is 4. The van der Waals surface area contributed by atoms with Crippen LogP contribution >= 0.6 is 11.6 Å². The van der Waals surface area contributed by atoms with Crippen LogP contribution in [-0.2, 0) is 19.6 Å².